The average Bonchev–Trinajstić information content (AvgIpc) is 2.85. The molecule has 1 amide bonds. The number of aryl methyl sites for hydroxylation is 1. The molecular formula is C14H18N4O2. The zero-order chi connectivity index (χ0) is 14.4. The number of anilines is 1. The molecule has 0 bridgehead atoms. The largest absolute Gasteiger partial charge is 0.497 e. The monoisotopic (exact) mass is 274 g/mol. The number of carbonyl (C=O) groups is 1. The predicted octanol–water partition coefficient (Wildman–Crippen LogP) is 1.16. The van der Waals surface area contributed by atoms with Crippen molar-refractivity contribution in [1.29, 1.82) is 0 Å². The van der Waals surface area contributed by atoms with E-state index in [9.17, 15) is 4.79 Å². The fourth-order valence-electron chi connectivity index (χ4n) is 1.74. The fourth-order valence-corrected chi connectivity index (χ4v) is 1.74. The Morgan fingerprint density at radius 3 is 2.65 bits per heavy atom. The van der Waals surface area contributed by atoms with E-state index in [0.29, 0.717) is 6.54 Å². The predicted molar refractivity (Wildman–Crippen MR) is 76.5 cm³/mol. The van der Waals surface area contributed by atoms with Gasteiger partial charge in [-0.05, 0) is 30.3 Å². The van der Waals surface area contributed by atoms with Crippen LogP contribution in [0.25, 0.3) is 0 Å². The number of nitrogens with one attached hydrogen (secondary N) is 2. The van der Waals surface area contributed by atoms with Crippen LogP contribution in [0.1, 0.15) is 5.69 Å². The van der Waals surface area contributed by atoms with Crippen molar-refractivity contribution >= 4 is 11.6 Å². The van der Waals surface area contributed by atoms with Crippen molar-refractivity contribution in [1.82, 2.24) is 15.1 Å². The summed E-state index contributed by atoms with van der Waals surface area (Å²) >= 11 is 0. The molecule has 1 aromatic heterocycles. The third-order valence-corrected chi connectivity index (χ3v) is 2.73. The molecule has 0 radical (unpaired) electrons. The molecule has 0 aliphatic rings. The third kappa shape index (κ3) is 4.10. The summed E-state index contributed by atoms with van der Waals surface area (Å²) in [6, 6.07) is 9.12. The van der Waals surface area contributed by atoms with E-state index in [4.69, 9.17) is 4.74 Å². The second-order valence-electron chi connectivity index (χ2n) is 4.36. The molecule has 0 saturated heterocycles. The van der Waals surface area contributed by atoms with Crippen LogP contribution in [0.4, 0.5) is 5.69 Å². The number of aromatic nitrogens is 2. The van der Waals surface area contributed by atoms with E-state index in [0.717, 1.165) is 17.1 Å². The molecule has 0 saturated carbocycles. The van der Waals surface area contributed by atoms with Gasteiger partial charge in [0.1, 0.15) is 5.75 Å². The summed E-state index contributed by atoms with van der Waals surface area (Å²) in [5, 5.41) is 10.1. The van der Waals surface area contributed by atoms with E-state index in [2.05, 4.69) is 15.7 Å². The van der Waals surface area contributed by atoms with Crippen LogP contribution in [0, 0.1) is 0 Å². The molecule has 0 unspecified atom stereocenters. The first-order chi connectivity index (χ1) is 9.67. The lowest BCUT2D eigenvalue weighted by molar-refractivity contribution is -0.115. The molecule has 20 heavy (non-hydrogen) atoms. The second-order valence-corrected chi connectivity index (χ2v) is 4.36. The van der Waals surface area contributed by atoms with Crippen LogP contribution < -0.4 is 15.4 Å². The van der Waals surface area contributed by atoms with Crippen molar-refractivity contribution in [2.45, 2.75) is 6.54 Å². The van der Waals surface area contributed by atoms with E-state index >= 15 is 0 Å². The summed E-state index contributed by atoms with van der Waals surface area (Å²) in [7, 11) is 3.47. The van der Waals surface area contributed by atoms with Crippen LogP contribution in [-0.4, -0.2) is 29.3 Å². The van der Waals surface area contributed by atoms with Gasteiger partial charge in [0.05, 0.1) is 19.3 Å². The molecule has 0 spiro atoms. The van der Waals surface area contributed by atoms with E-state index in [1.807, 2.05) is 19.3 Å². The zero-order valence-corrected chi connectivity index (χ0v) is 11.6. The molecule has 2 aromatic rings. The Morgan fingerprint density at radius 2 is 2.05 bits per heavy atom. The highest BCUT2D eigenvalue weighted by atomic mass is 16.5. The van der Waals surface area contributed by atoms with Gasteiger partial charge < -0.3 is 15.4 Å². The minimum absolute atomic E-state index is 0.0916. The number of hydrogen-bond acceptors (Lipinski definition) is 4. The van der Waals surface area contributed by atoms with Crippen molar-refractivity contribution in [2.24, 2.45) is 7.05 Å². The topological polar surface area (TPSA) is 68.2 Å². The molecule has 0 atom stereocenters. The van der Waals surface area contributed by atoms with Gasteiger partial charge >= 0.3 is 0 Å². The number of amides is 1. The standard InChI is InChI=1S/C14H18N4O2/c1-18-8-7-12(17-18)9-15-10-14(19)16-11-3-5-13(20-2)6-4-11/h3-8,15H,9-10H2,1-2H3,(H,16,19). The highest BCUT2D eigenvalue weighted by molar-refractivity contribution is 5.92. The first kappa shape index (κ1) is 14.1. The molecule has 6 nitrogen and oxygen atoms in total. The maximum atomic E-state index is 11.7. The minimum Gasteiger partial charge on any atom is -0.497 e. The summed E-state index contributed by atoms with van der Waals surface area (Å²) < 4.78 is 6.79. The number of rotatable bonds is 6. The Balaban J connectivity index is 1.74. The number of ether oxygens (including phenoxy) is 1. The normalized spacial score (nSPS) is 10.3. The Bertz CT molecular complexity index is 563. The average molecular weight is 274 g/mol. The third-order valence-electron chi connectivity index (χ3n) is 2.73. The molecular weight excluding hydrogens is 256 g/mol. The van der Waals surface area contributed by atoms with Gasteiger partial charge in [-0.25, -0.2) is 0 Å². The minimum atomic E-state index is -0.0916. The van der Waals surface area contributed by atoms with Gasteiger partial charge in [-0.15, -0.1) is 0 Å². The maximum Gasteiger partial charge on any atom is 0.238 e. The molecule has 2 rings (SSSR count). The van der Waals surface area contributed by atoms with Gasteiger partial charge in [0.25, 0.3) is 0 Å². The summed E-state index contributed by atoms with van der Waals surface area (Å²) in [4.78, 5) is 11.7. The first-order valence-electron chi connectivity index (χ1n) is 6.30. The van der Waals surface area contributed by atoms with E-state index < -0.39 is 0 Å². The lowest BCUT2D eigenvalue weighted by Crippen LogP contribution is -2.27. The van der Waals surface area contributed by atoms with Crippen LogP contribution in [0.3, 0.4) is 0 Å². The fraction of sp³-hybridized carbons (Fsp3) is 0.286. The number of hydrogen-bond donors (Lipinski definition) is 2. The van der Waals surface area contributed by atoms with Crippen molar-refractivity contribution in [3.63, 3.8) is 0 Å². The number of methoxy groups -OCH3 is 1. The van der Waals surface area contributed by atoms with E-state index in [1.54, 1.807) is 36.1 Å². The smallest absolute Gasteiger partial charge is 0.238 e. The van der Waals surface area contributed by atoms with Crippen LogP contribution >= 0.6 is 0 Å². The van der Waals surface area contributed by atoms with Gasteiger partial charge in [-0.2, -0.15) is 5.10 Å². The van der Waals surface area contributed by atoms with Gasteiger partial charge in [-0.1, -0.05) is 0 Å². The van der Waals surface area contributed by atoms with Crippen LogP contribution in [0.5, 0.6) is 5.75 Å². The Labute approximate surface area is 117 Å². The molecule has 6 heteroatoms. The van der Waals surface area contributed by atoms with Crippen molar-refractivity contribution in [3.8, 4) is 5.75 Å². The molecule has 1 heterocycles. The Morgan fingerprint density at radius 1 is 1.30 bits per heavy atom. The molecule has 0 aliphatic carbocycles. The van der Waals surface area contributed by atoms with E-state index in [1.165, 1.54) is 0 Å². The van der Waals surface area contributed by atoms with E-state index in [-0.39, 0.29) is 12.5 Å². The van der Waals surface area contributed by atoms with Crippen molar-refractivity contribution < 1.29 is 9.53 Å². The molecule has 1 aromatic carbocycles. The van der Waals surface area contributed by atoms with Crippen molar-refractivity contribution in [3.05, 3.63) is 42.2 Å². The van der Waals surface area contributed by atoms with Crippen LogP contribution in [0.2, 0.25) is 0 Å². The van der Waals surface area contributed by atoms with Crippen LogP contribution in [0.15, 0.2) is 36.5 Å². The summed E-state index contributed by atoms with van der Waals surface area (Å²) in [5.41, 5.74) is 1.65. The Kier molecular flexibility index (Phi) is 4.73. The van der Waals surface area contributed by atoms with Crippen molar-refractivity contribution in [2.75, 3.05) is 19.0 Å². The van der Waals surface area contributed by atoms with Gasteiger partial charge in [0, 0.05) is 25.5 Å². The number of benzene rings is 1. The lowest BCUT2D eigenvalue weighted by Gasteiger charge is -2.06. The molecule has 106 valence electrons. The molecule has 0 aliphatic heterocycles. The Hall–Kier alpha value is -2.34. The van der Waals surface area contributed by atoms with Gasteiger partial charge in [-0.3, -0.25) is 9.48 Å². The summed E-state index contributed by atoms with van der Waals surface area (Å²) in [6.45, 7) is 0.805. The summed E-state index contributed by atoms with van der Waals surface area (Å²) in [5.74, 6) is 0.669. The second kappa shape index (κ2) is 6.72. The first-order valence-corrected chi connectivity index (χ1v) is 6.30. The van der Waals surface area contributed by atoms with Gasteiger partial charge in [0.2, 0.25) is 5.91 Å². The number of carbonyl (C=O) groups excluding carboxylic acids is 1. The highest BCUT2D eigenvalue weighted by Gasteiger charge is 2.03. The number of nitrogens with zero attached hydrogens (tertiary/aromatic N) is 2. The molecule has 0 fully saturated rings. The lowest BCUT2D eigenvalue weighted by atomic mass is 10.3. The molecule has 2 N–H and O–H groups in total. The maximum absolute atomic E-state index is 11.7. The zero-order valence-electron chi connectivity index (χ0n) is 11.6. The van der Waals surface area contributed by atoms with Gasteiger partial charge in [0.15, 0.2) is 0 Å². The highest BCUT2D eigenvalue weighted by Crippen LogP contribution is 2.14. The summed E-state index contributed by atoms with van der Waals surface area (Å²) in [6.07, 6.45) is 1.87. The SMILES string of the molecule is COc1ccc(NC(=O)CNCc2ccn(C)n2)cc1. The van der Waals surface area contributed by atoms with Crippen LogP contribution in [-0.2, 0) is 18.4 Å². The quantitative estimate of drug-likeness (QED) is 0.829.